The summed E-state index contributed by atoms with van der Waals surface area (Å²) in [4.78, 5) is 9.07. The van der Waals surface area contributed by atoms with Gasteiger partial charge in [0.1, 0.15) is 0 Å². The molecule has 0 spiro atoms. The molecule has 0 amide bonds. The van der Waals surface area contributed by atoms with E-state index in [9.17, 15) is 5.11 Å². The maximum atomic E-state index is 9.76. The summed E-state index contributed by atoms with van der Waals surface area (Å²) in [5.74, 6) is 0. The molecule has 0 saturated carbocycles. The van der Waals surface area contributed by atoms with Crippen LogP contribution in [-0.2, 0) is 0 Å². The van der Waals surface area contributed by atoms with Gasteiger partial charge in [0.05, 0.1) is 23.7 Å². The zero-order valence-electron chi connectivity index (χ0n) is 12.2. The minimum Gasteiger partial charge on any atom is -0.387 e. The number of likely N-dealkylation sites (tertiary alicyclic amines) is 1. The number of aliphatic hydroxyl groups is 1. The van der Waals surface area contributed by atoms with Crippen LogP contribution in [-0.4, -0.2) is 48.2 Å². The van der Waals surface area contributed by atoms with Crippen LogP contribution in [0.1, 0.15) is 38.0 Å². The molecule has 19 heavy (non-hydrogen) atoms. The molecule has 0 aromatic carbocycles. The lowest BCUT2D eigenvalue weighted by molar-refractivity contribution is 0.169. The Morgan fingerprint density at radius 3 is 2.89 bits per heavy atom. The van der Waals surface area contributed by atoms with Gasteiger partial charge in [-0.1, -0.05) is 6.92 Å². The molecule has 1 aromatic rings. The first kappa shape index (κ1) is 14.3. The molecule has 1 unspecified atom stereocenters. The minimum atomic E-state index is -0.444. The van der Waals surface area contributed by atoms with Gasteiger partial charge in [0, 0.05) is 19.6 Å². The van der Waals surface area contributed by atoms with E-state index >= 15 is 0 Å². The van der Waals surface area contributed by atoms with E-state index in [1.165, 1.54) is 19.4 Å². The topological polar surface area (TPSA) is 39.6 Å². The van der Waals surface area contributed by atoms with E-state index in [4.69, 9.17) is 0 Å². The standard InChI is InChI=1S/C15H25N3O/c1-4-15(19)14-8-7-12(10-16-14)18(3)13-6-5-9-17(2)11-13/h7-8,10,13,15,19H,4-6,9,11H2,1-3H3/t13?,15-/m1/s1. The molecule has 0 radical (unpaired) electrons. The molecule has 0 aliphatic carbocycles. The van der Waals surface area contributed by atoms with Crippen molar-refractivity contribution in [1.29, 1.82) is 0 Å². The van der Waals surface area contributed by atoms with Gasteiger partial charge in [-0.3, -0.25) is 4.98 Å². The van der Waals surface area contributed by atoms with E-state index in [1.54, 1.807) is 0 Å². The first-order valence-electron chi connectivity index (χ1n) is 7.17. The fourth-order valence-corrected chi connectivity index (χ4v) is 2.68. The van der Waals surface area contributed by atoms with Crippen molar-refractivity contribution in [2.45, 2.75) is 38.3 Å². The van der Waals surface area contributed by atoms with Gasteiger partial charge < -0.3 is 14.9 Å². The highest BCUT2D eigenvalue weighted by Crippen LogP contribution is 2.22. The van der Waals surface area contributed by atoms with Crippen LogP contribution >= 0.6 is 0 Å². The van der Waals surface area contributed by atoms with Crippen LogP contribution in [0.3, 0.4) is 0 Å². The summed E-state index contributed by atoms with van der Waals surface area (Å²) >= 11 is 0. The summed E-state index contributed by atoms with van der Waals surface area (Å²) in [7, 11) is 4.32. The van der Waals surface area contributed by atoms with Gasteiger partial charge in [-0.15, -0.1) is 0 Å². The average molecular weight is 263 g/mol. The first-order valence-corrected chi connectivity index (χ1v) is 7.17. The Kier molecular flexibility index (Phi) is 4.77. The van der Waals surface area contributed by atoms with Crippen LogP contribution in [0.15, 0.2) is 18.3 Å². The van der Waals surface area contributed by atoms with Crippen LogP contribution in [0.2, 0.25) is 0 Å². The Hall–Kier alpha value is -1.13. The molecular weight excluding hydrogens is 238 g/mol. The number of anilines is 1. The van der Waals surface area contributed by atoms with Gasteiger partial charge in [-0.2, -0.15) is 0 Å². The van der Waals surface area contributed by atoms with Crippen molar-refractivity contribution in [2.24, 2.45) is 0 Å². The molecule has 106 valence electrons. The summed E-state index contributed by atoms with van der Waals surface area (Å²) in [6.07, 6.45) is 4.63. The van der Waals surface area contributed by atoms with Crippen molar-refractivity contribution in [1.82, 2.24) is 9.88 Å². The van der Waals surface area contributed by atoms with E-state index in [0.717, 1.165) is 17.9 Å². The molecule has 1 aliphatic heterocycles. The number of pyridine rings is 1. The van der Waals surface area contributed by atoms with Crippen LogP contribution in [0, 0.1) is 0 Å². The quantitative estimate of drug-likeness (QED) is 0.902. The third kappa shape index (κ3) is 3.45. The summed E-state index contributed by atoms with van der Waals surface area (Å²) < 4.78 is 0. The van der Waals surface area contributed by atoms with Gasteiger partial charge in [0.15, 0.2) is 0 Å². The fourth-order valence-electron chi connectivity index (χ4n) is 2.68. The average Bonchev–Trinajstić information content (AvgIpc) is 2.46. The molecule has 4 nitrogen and oxygen atoms in total. The monoisotopic (exact) mass is 263 g/mol. The first-order chi connectivity index (χ1) is 9.11. The highest BCUT2D eigenvalue weighted by atomic mass is 16.3. The maximum absolute atomic E-state index is 9.76. The van der Waals surface area contributed by atoms with E-state index in [1.807, 2.05) is 19.2 Å². The summed E-state index contributed by atoms with van der Waals surface area (Å²) in [5.41, 5.74) is 1.90. The summed E-state index contributed by atoms with van der Waals surface area (Å²) in [5, 5.41) is 9.76. The van der Waals surface area contributed by atoms with Crippen LogP contribution in [0.5, 0.6) is 0 Å². The Morgan fingerprint density at radius 2 is 2.32 bits per heavy atom. The van der Waals surface area contributed by atoms with E-state index in [2.05, 4.69) is 34.9 Å². The second-order valence-electron chi connectivity index (χ2n) is 5.53. The number of hydrogen-bond donors (Lipinski definition) is 1. The van der Waals surface area contributed by atoms with Crippen LogP contribution in [0.4, 0.5) is 5.69 Å². The molecule has 4 heteroatoms. The number of piperidine rings is 1. The highest BCUT2D eigenvalue weighted by molar-refractivity contribution is 5.45. The molecular formula is C15H25N3O. The third-order valence-electron chi connectivity index (χ3n) is 4.05. The molecule has 2 heterocycles. The second kappa shape index (κ2) is 6.35. The van der Waals surface area contributed by atoms with Gasteiger partial charge in [0.2, 0.25) is 0 Å². The van der Waals surface area contributed by atoms with Crippen molar-refractivity contribution < 1.29 is 5.11 Å². The number of aromatic nitrogens is 1. The predicted octanol–water partition coefficient (Wildman–Crippen LogP) is 2.06. The smallest absolute Gasteiger partial charge is 0.0957 e. The SMILES string of the molecule is CC[C@@H](O)c1ccc(N(C)C2CCCN(C)C2)cn1. The van der Waals surface area contributed by atoms with Crippen molar-refractivity contribution in [3.8, 4) is 0 Å². The summed E-state index contributed by atoms with van der Waals surface area (Å²) in [6, 6.07) is 4.56. The normalized spacial score (nSPS) is 22.2. The van der Waals surface area contributed by atoms with Gasteiger partial charge in [-0.25, -0.2) is 0 Å². The molecule has 1 aromatic heterocycles. The number of rotatable bonds is 4. The summed E-state index contributed by atoms with van der Waals surface area (Å²) in [6.45, 7) is 4.27. The molecule has 0 bridgehead atoms. The Balaban J connectivity index is 2.04. The van der Waals surface area contributed by atoms with Crippen molar-refractivity contribution >= 4 is 5.69 Å². The third-order valence-corrected chi connectivity index (χ3v) is 4.05. The highest BCUT2D eigenvalue weighted by Gasteiger charge is 2.21. The number of aliphatic hydroxyl groups excluding tert-OH is 1. The van der Waals surface area contributed by atoms with Crippen molar-refractivity contribution in [3.05, 3.63) is 24.0 Å². The fraction of sp³-hybridized carbons (Fsp3) is 0.667. The van der Waals surface area contributed by atoms with Gasteiger partial charge in [-0.05, 0) is 45.0 Å². The number of nitrogens with zero attached hydrogens (tertiary/aromatic N) is 3. The second-order valence-corrected chi connectivity index (χ2v) is 5.53. The number of hydrogen-bond acceptors (Lipinski definition) is 4. The maximum Gasteiger partial charge on any atom is 0.0957 e. The Bertz CT molecular complexity index is 393. The largest absolute Gasteiger partial charge is 0.387 e. The van der Waals surface area contributed by atoms with E-state index in [-0.39, 0.29) is 0 Å². The number of likely N-dealkylation sites (N-methyl/N-ethyl adjacent to an activating group) is 2. The Morgan fingerprint density at radius 1 is 1.53 bits per heavy atom. The van der Waals surface area contributed by atoms with Crippen LogP contribution < -0.4 is 4.90 Å². The van der Waals surface area contributed by atoms with E-state index < -0.39 is 6.10 Å². The van der Waals surface area contributed by atoms with Gasteiger partial charge in [0.25, 0.3) is 0 Å². The van der Waals surface area contributed by atoms with Crippen LogP contribution in [0.25, 0.3) is 0 Å². The lowest BCUT2D eigenvalue weighted by Gasteiger charge is -2.37. The van der Waals surface area contributed by atoms with Crippen molar-refractivity contribution in [2.75, 3.05) is 32.1 Å². The minimum absolute atomic E-state index is 0.444. The van der Waals surface area contributed by atoms with Crippen molar-refractivity contribution in [3.63, 3.8) is 0 Å². The zero-order chi connectivity index (χ0) is 13.8. The van der Waals surface area contributed by atoms with Gasteiger partial charge >= 0.3 is 0 Å². The Labute approximate surface area is 116 Å². The molecule has 1 fully saturated rings. The lowest BCUT2D eigenvalue weighted by atomic mass is 10.0. The lowest BCUT2D eigenvalue weighted by Crippen LogP contribution is -2.45. The molecule has 1 N–H and O–H groups in total. The van der Waals surface area contributed by atoms with E-state index in [0.29, 0.717) is 12.5 Å². The molecule has 2 atom stereocenters. The predicted molar refractivity (Wildman–Crippen MR) is 78.4 cm³/mol. The molecule has 1 aliphatic rings. The zero-order valence-corrected chi connectivity index (χ0v) is 12.2. The molecule has 2 rings (SSSR count). The molecule has 1 saturated heterocycles.